The smallest absolute Gasteiger partial charge is 0.325 e. The second kappa shape index (κ2) is 8.06. The summed E-state index contributed by atoms with van der Waals surface area (Å²) in [6.07, 6.45) is 1.83. The van der Waals surface area contributed by atoms with Gasteiger partial charge in [0.05, 0.1) is 0 Å². The number of carboxylic acids is 1. The molecule has 4 rings (SSSR count). The minimum Gasteiger partial charge on any atom is -0.489 e. The van der Waals surface area contributed by atoms with E-state index in [1.165, 1.54) is 0 Å². The van der Waals surface area contributed by atoms with Crippen LogP contribution in [0.3, 0.4) is 0 Å². The number of ether oxygens (including phenoxy) is 1. The van der Waals surface area contributed by atoms with Crippen molar-refractivity contribution in [2.75, 3.05) is 24.6 Å². The fraction of sp³-hybridized carbons (Fsp3) is 0.286. The molecule has 2 aromatic carbocycles. The zero-order valence-corrected chi connectivity index (χ0v) is 15.7. The van der Waals surface area contributed by atoms with Gasteiger partial charge < -0.3 is 14.8 Å². The topological polar surface area (TPSA) is 65.6 Å². The Hall–Kier alpha value is -2.44. The molecule has 0 unspecified atom stereocenters. The Labute approximate surface area is 162 Å². The second-order valence-electron chi connectivity index (χ2n) is 6.61. The molecular formula is C21H22N2O3S. The summed E-state index contributed by atoms with van der Waals surface area (Å²) in [6.45, 7) is 2.10. The monoisotopic (exact) mass is 382 g/mol. The molecule has 1 aliphatic heterocycles. The fourth-order valence-electron chi connectivity index (χ4n) is 3.51. The molecule has 0 spiro atoms. The van der Waals surface area contributed by atoms with Crippen LogP contribution in [0, 0.1) is 0 Å². The first-order chi connectivity index (χ1) is 13.2. The minimum atomic E-state index is -0.799. The molecule has 5 nitrogen and oxygen atoms in total. The molecular weight excluding hydrogens is 360 g/mol. The van der Waals surface area contributed by atoms with E-state index >= 15 is 0 Å². The first kappa shape index (κ1) is 17.9. The van der Waals surface area contributed by atoms with Crippen molar-refractivity contribution in [3.8, 4) is 5.75 Å². The van der Waals surface area contributed by atoms with Crippen molar-refractivity contribution in [1.82, 2.24) is 9.88 Å². The van der Waals surface area contributed by atoms with Crippen LogP contribution < -0.4 is 4.74 Å². The van der Waals surface area contributed by atoms with Gasteiger partial charge >= 0.3 is 5.97 Å². The molecule has 1 aliphatic rings. The van der Waals surface area contributed by atoms with Crippen LogP contribution in [-0.4, -0.2) is 45.6 Å². The minimum absolute atomic E-state index is 0.503. The summed E-state index contributed by atoms with van der Waals surface area (Å²) >= 11 is 1.88. The van der Waals surface area contributed by atoms with Crippen LogP contribution in [0.2, 0.25) is 0 Å². The highest BCUT2D eigenvalue weighted by atomic mass is 32.2. The van der Waals surface area contributed by atoms with Gasteiger partial charge in [-0.1, -0.05) is 30.3 Å². The van der Waals surface area contributed by atoms with E-state index in [1.54, 1.807) is 0 Å². The maximum atomic E-state index is 12.0. The SMILES string of the molecule is O=C(O)[C@H](c1c[nH]c2cc(OCc3ccccc3)ccc12)N1CCSCC1. The lowest BCUT2D eigenvalue weighted by molar-refractivity contribution is -0.143. The normalized spacial score (nSPS) is 16.3. The molecule has 1 atom stereocenters. The molecule has 1 saturated heterocycles. The van der Waals surface area contributed by atoms with Gasteiger partial charge in [-0.2, -0.15) is 11.8 Å². The van der Waals surface area contributed by atoms with E-state index in [0.29, 0.717) is 6.61 Å². The van der Waals surface area contributed by atoms with Gasteiger partial charge in [-0.3, -0.25) is 9.69 Å². The van der Waals surface area contributed by atoms with Gasteiger partial charge in [-0.15, -0.1) is 0 Å². The third-order valence-electron chi connectivity index (χ3n) is 4.87. The maximum Gasteiger partial charge on any atom is 0.325 e. The number of aromatic amines is 1. The van der Waals surface area contributed by atoms with Crippen molar-refractivity contribution < 1.29 is 14.6 Å². The summed E-state index contributed by atoms with van der Waals surface area (Å²) in [6, 6.07) is 15.2. The quantitative estimate of drug-likeness (QED) is 0.676. The first-order valence-electron chi connectivity index (χ1n) is 9.05. The number of carbonyl (C=O) groups is 1. The lowest BCUT2D eigenvalue weighted by atomic mass is 10.0. The summed E-state index contributed by atoms with van der Waals surface area (Å²) in [5, 5.41) is 10.8. The first-order valence-corrected chi connectivity index (χ1v) is 10.2. The van der Waals surface area contributed by atoms with Gasteiger partial charge in [0.2, 0.25) is 0 Å². The molecule has 3 aromatic rings. The van der Waals surface area contributed by atoms with Gasteiger partial charge in [0.25, 0.3) is 0 Å². The van der Waals surface area contributed by atoms with E-state index in [0.717, 1.165) is 52.4 Å². The predicted molar refractivity (Wildman–Crippen MR) is 108 cm³/mol. The lowest BCUT2D eigenvalue weighted by Crippen LogP contribution is -2.39. The number of carboxylic acid groups (broad SMARTS) is 1. The number of aliphatic carboxylic acids is 1. The molecule has 1 aromatic heterocycles. The standard InChI is InChI=1S/C21H22N2O3S/c24-21(25)20(23-8-10-27-11-9-23)18-13-22-19-12-16(6-7-17(18)19)26-14-15-4-2-1-3-5-15/h1-7,12-13,20,22H,8-11,14H2,(H,24,25)/t20-/m0/s1. The Morgan fingerprint density at radius 2 is 1.96 bits per heavy atom. The fourth-order valence-corrected chi connectivity index (χ4v) is 4.44. The Bertz CT molecular complexity index is 920. The number of hydrogen-bond acceptors (Lipinski definition) is 4. The van der Waals surface area contributed by atoms with Crippen LogP contribution in [0.25, 0.3) is 10.9 Å². The van der Waals surface area contributed by atoms with E-state index in [4.69, 9.17) is 4.74 Å². The second-order valence-corrected chi connectivity index (χ2v) is 7.84. The molecule has 140 valence electrons. The van der Waals surface area contributed by atoms with Gasteiger partial charge in [0.15, 0.2) is 0 Å². The van der Waals surface area contributed by atoms with Gasteiger partial charge in [-0.25, -0.2) is 0 Å². The summed E-state index contributed by atoms with van der Waals surface area (Å²) < 4.78 is 5.88. The van der Waals surface area contributed by atoms with E-state index in [-0.39, 0.29) is 0 Å². The molecule has 0 bridgehead atoms. The Kier molecular flexibility index (Phi) is 5.36. The number of fused-ring (bicyclic) bond motifs is 1. The molecule has 0 radical (unpaired) electrons. The number of H-pyrrole nitrogens is 1. The average molecular weight is 382 g/mol. The lowest BCUT2D eigenvalue weighted by Gasteiger charge is -2.31. The number of rotatable bonds is 6. The summed E-state index contributed by atoms with van der Waals surface area (Å²) in [5.41, 5.74) is 2.82. The van der Waals surface area contributed by atoms with Crippen LogP contribution in [0.15, 0.2) is 54.7 Å². The summed E-state index contributed by atoms with van der Waals surface area (Å²) in [4.78, 5) is 17.3. The van der Waals surface area contributed by atoms with Crippen LogP contribution in [-0.2, 0) is 11.4 Å². The van der Waals surface area contributed by atoms with Gasteiger partial charge in [-0.05, 0) is 17.7 Å². The van der Waals surface area contributed by atoms with E-state index in [1.807, 2.05) is 66.5 Å². The molecule has 0 saturated carbocycles. The van der Waals surface area contributed by atoms with Crippen LogP contribution >= 0.6 is 11.8 Å². The van der Waals surface area contributed by atoms with Crippen LogP contribution in [0.1, 0.15) is 17.2 Å². The van der Waals surface area contributed by atoms with Gasteiger partial charge in [0, 0.05) is 53.3 Å². The third kappa shape index (κ3) is 3.96. The van der Waals surface area contributed by atoms with E-state index in [2.05, 4.69) is 9.88 Å². The zero-order chi connectivity index (χ0) is 18.6. The predicted octanol–water partition coefficient (Wildman–Crippen LogP) is 3.92. The number of nitrogens with zero attached hydrogens (tertiary/aromatic N) is 1. The molecule has 0 aliphatic carbocycles. The zero-order valence-electron chi connectivity index (χ0n) is 14.9. The van der Waals surface area contributed by atoms with Crippen molar-refractivity contribution in [2.45, 2.75) is 12.6 Å². The molecule has 6 heteroatoms. The van der Waals surface area contributed by atoms with Crippen LogP contribution in [0.4, 0.5) is 0 Å². The van der Waals surface area contributed by atoms with Crippen LogP contribution in [0.5, 0.6) is 5.75 Å². The number of thioether (sulfide) groups is 1. The van der Waals surface area contributed by atoms with E-state index < -0.39 is 12.0 Å². The Morgan fingerprint density at radius 3 is 2.70 bits per heavy atom. The van der Waals surface area contributed by atoms with Crippen molar-refractivity contribution in [2.24, 2.45) is 0 Å². The van der Waals surface area contributed by atoms with Crippen molar-refractivity contribution in [3.05, 3.63) is 65.9 Å². The van der Waals surface area contributed by atoms with Crippen molar-refractivity contribution in [1.29, 1.82) is 0 Å². The maximum absolute atomic E-state index is 12.0. The molecule has 27 heavy (non-hydrogen) atoms. The average Bonchev–Trinajstić information content (AvgIpc) is 3.11. The van der Waals surface area contributed by atoms with Crippen molar-refractivity contribution in [3.63, 3.8) is 0 Å². The highest BCUT2D eigenvalue weighted by Gasteiger charge is 2.30. The Morgan fingerprint density at radius 1 is 1.19 bits per heavy atom. The van der Waals surface area contributed by atoms with E-state index in [9.17, 15) is 9.90 Å². The summed E-state index contributed by atoms with van der Waals surface area (Å²) in [5.74, 6) is 1.92. The largest absolute Gasteiger partial charge is 0.489 e. The number of benzene rings is 2. The number of hydrogen-bond donors (Lipinski definition) is 2. The Balaban J connectivity index is 1.56. The molecule has 2 heterocycles. The van der Waals surface area contributed by atoms with Gasteiger partial charge in [0.1, 0.15) is 18.4 Å². The highest BCUT2D eigenvalue weighted by molar-refractivity contribution is 7.99. The molecule has 0 amide bonds. The van der Waals surface area contributed by atoms with Crippen molar-refractivity contribution >= 4 is 28.6 Å². The summed E-state index contributed by atoms with van der Waals surface area (Å²) in [7, 11) is 0. The third-order valence-corrected chi connectivity index (χ3v) is 5.82. The highest BCUT2D eigenvalue weighted by Crippen LogP contribution is 2.32. The molecule has 1 fully saturated rings. The molecule has 2 N–H and O–H groups in total. The number of nitrogens with one attached hydrogen (secondary N) is 1. The number of aromatic nitrogens is 1.